The van der Waals surface area contributed by atoms with Gasteiger partial charge in [0.2, 0.25) is 0 Å². The van der Waals surface area contributed by atoms with Crippen LogP contribution in [0, 0.1) is 5.92 Å². The molecule has 0 saturated heterocycles. The highest BCUT2D eigenvalue weighted by Gasteiger charge is 2.12. The van der Waals surface area contributed by atoms with Crippen LogP contribution in [0.2, 0.25) is 0 Å². The van der Waals surface area contributed by atoms with E-state index in [1.54, 1.807) is 38.1 Å². The molecule has 0 aliphatic heterocycles. The Morgan fingerprint density at radius 1 is 1.40 bits per heavy atom. The first-order valence-corrected chi connectivity index (χ1v) is 5.03. The first kappa shape index (κ1) is 7.91. The van der Waals surface area contributed by atoms with Gasteiger partial charge in [-0.25, -0.2) is 0 Å². The second-order valence-corrected chi connectivity index (χ2v) is 3.91. The molecule has 1 aromatic rings. The summed E-state index contributed by atoms with van der Waals surface area (Å²) in [7, 11) is 0. The number of carboxylic acid groups (broad SMARTS) is 1. The first-order valence-electron chi connectivity index (χ1n) is 6.53. The standard InChI is InChI=1S/C13H18O2/c1-9(2)8-11-4-6-12(7-5-11)10(3)13(14)15/h4-7,9-10H,8H2,1-3H3,(H,14,15)/i1D3. The molecule has 0 amide bonds. The Balaban J connectivity index is 2.75. The highest BCUT2D eigenvalue weighted by Crippen LogP contribution is 2.17. The SMILES string of the molecule is [2H]C([2H])([2H])C(C)Cc1ccc(C(C)C(=O)O)cc1. The molecule has 2 unspecified atom stereocenters. The van der Waals surface area contributed by atoms with Crippen LogP contribution in [0.15, 0.2) is 24.3 Å². The minimum absolute atomic E-state index is 0.403. The van der Waals surface area contributed by atoms with Crippen molar-refractivity contribution in [2.24, 2.45) is 5.92 Å². The van der Waals surface area contributed by atoms with Crippen LogP contribution in [0.25, 0.3) is 0 Å². The van der Waals surface area contributed by atoms with Crippen LogP contribution in [0.1, 0.15) is 41.9 Å². The molecule has 0 heterocycles. The highest BCUT2D eigenvalue weighted by molar-refractivity contribution is 5.75. The Hall–Kier alpha value is -1.31. The average molecular weight is 209 g/mol. The predicted octanol–water partition coefficient (Wildman–Crippen LogP) is 3.07. The van der Waals surface area contributed by atoms with Gasteiger partial charge in [0, 0.05) is 4.11 Å². The minimum atomic E-state index is -1.95. The number of hydrogen-bond acceptors (Lipinski definition) is 1. The molecular weight excluding hydrogens is 188 g/mol. The molecule has 15 heavy (non-hydrogen) atoms. The lowest BCUT2D eigenvalue weighted by molar-refractivity contribution is -0.138. The second kappa shape index (κ2) is 4.96. The molecule has 0 aliphatic carbocycles. The van der Waals surface area contributed by atoms with E-state index in [9.17, 15) is 4.79 Å². The van der Waals surface area contributed by atoms with Gasteiger partial charge < -0.3 is 5.11 Å². The summed E-state index contributed by atoms with van der Waals surface area (Å²) in [6, 6.07) is 7.11. The van der Waals surface area contributed by atoms with Crippen molar-refractivity contribution in [1.82, 2.24) is 0 Å². The van der Waals surface area contributed by atoms with Crippen molar-refractivity contribution >= 4 is 5.97 Å². The molecule has 0 fully saturated rings. The summed E-state index contributed by atoms with van der Waals surface area (Å²) in [5, 5.41) is 8.88. The van der Waals surface area contributed by atoms with Crippen LogP contribution in [0.3, 0.4) is 0 Å². The van der Waals surface area contributed by atoms with Gasteiger partial charge in [-0.15, -0.1) is 0 Å². The third kappa shape index (κ3) is 3.39. The molecule has 1 N–H and O–H groups in total. The Morgan fingerprint density at radius 3 is 2.47 bits per heavy atom. The van der Waals surface area contributed by atoms with Crippen LogP contribution in [0.4, 0.5) is 0 Å². The van der Waals surface area contributed by atoms with Crippen LogP contribution < -0.4 is 0 Å². The maximum atomic E-state index is 10.8. The van der Waals surface area contributed by atoms with Gasteiger partial charge >= 0.3 is 5.97 Å². The number of rotatable bonds is 4. The molecular formula is C13H18O2. The third-order valence-electron chi connectivity index (χ3n) is 2.39. The van der Waals surface area contributed by atoms with Crippen molar-refractivity contribution in [2.45, 2.75) is 33.0 Å². The van der Waals surface area contributed by atoms with Crippen molar-refractivity contribution < 1.29 is 14.0 Å². The maximum absolute atomic E-state index is 10.8. The molecule has 0 spiro atoms. The van der Waals surface area contributed by atoms with Crippen molar-refractivity contribution in [3.05, 3.63) is 35.4 Å². The molecule has 0 aromatic heterocycles. The van der Waals surface area contributed by atoms with Gasteiger partial charge in [0.05, 0.1) is 5.92 Å². The minimum Gasteiger partial charge on any atom is -0.481 e. The molecule has 82 valence electrons. The largest absolute Gasteiger partial charge is 0.481 e. The van der Waals surface area contributed by atoms with E-state index in [1.165, 1.54) is 0 Å². The highest BCUT2D eigenvalue weighted by atomic mass is 16.4. The normalized spacial score (nSPS) is 18.4. The van der Waals surface area contributed by atoms with E-state index in [0.29, 0.717) is 6.42 Å². The van der Waals surface area contributed by atoms with Crippen molar-refractivity contribution in [2.75, 3.05) is 0 Å². The molecule has 2 heteroatoms. The van der Waals surface area contributed by atoms with E-state index in [-0.39, 0.29) is 0 Å². The lowest BCUT2D eigenvalue weighted by atomic mass is 9.97. The van der Waals surface area contributed by atoms with Gasteiger partial charge in [-0.1, -0.05) is 38.0 Å². The number of hydrogen-bond donors (Lipinski definition) is 1. The Bertz CT molecular complexity index is 409. The molecule has 0 bridgehead atoms. The van der Waals surface area contributed by atoms with Crippen molar-refractivity contribution in [1.29, 1.82) is 0 Å². The van der Waals surface area contributed by atoms with Gasteiger partial charge in [-0.2, -0.15) is 0 Å². The zero-order valence-electron chi connectivity index (χ0n) is 12.0. The van der Waals surface area contributed by atoms with Crippen molar-refractivity contribution in [3.63, 3.8) is 0 Å². The number of benzene rings is 1. The second-order valence-electron chi connectivity index (χ2n) is 3.91. The summed E-state index contributed by atoms with van der Waals surface area (Å²) in [6.45, 7) is 1.37. The summed E-state index contributed by atoms with van der Waals surface area (Å²) in [4.78, 5) is 10.8. The predicted molar refractivity (Wildman–Crippen MR) is 61.0 cm³/mol. The van der Waals surface area contributed by atoms with Gasteiger partial charge in [0.15, 0.2) is 0 Å². The van der Waals surface area contributed by atoms with Crippen molar-refractivity contribution in [3.8, 4) is 0 Å². The lowest BCUT2D eigenvalue weighted by Gasteiger charge is -2.09. The Kier molecular flexibility index (Phi) is 2.62. The van der Waals surface area contributed by atoms with E-state index < -0.39 is 24.7 Å². The van der Waals surface area contributed by atoms with Crippen LogP contribution in [0.5, 0.6) is 0 Å². The fourth-order valence-electron chi connectivity index (χ4n) is 1.44. The van der Waals surface area contributed by atoms with Crippen LogP contribution in [-0.2, 0) is 11.2 Å². The van der Waals surface area contributed by atoms with Crippen LogP contribution >= 0.6 is 0 Å². The topological polar surface area (TPSA) is 37.3 Å². The quantitative estimate of drug-likeness (QED) is 0.827. The summed E-state index contributed by atoms with van der Waals surface area (Å²) >= 11 is 0. The van der Waals surface area contributed by atoms with Crippen LogP contribution in [-0.4, -0.2) is 11.1 Å². The molecule has 0 radical (unpaired) electrons. The fraction of sp³-hybridized carbons (Fsp3) is 0.462. The van der Waals surface area contributed by atoms with E-state index in [0.717, 1.165) is 11.1 Å². The summed E-state index contributed by atoms with van der Waals surface area (Å²) in [5.41, 5.74) is 1.65. The number of aliphatic carboxylic acids is 1. The van der Waals surface area contributed by atoms with Gasteiger partial charge in [-0.3, -0.25) is 4.79 Å². The van der Waals surface area contributed by atoms with Gasteiger partial charge in [0.25, 0.3) is 0 Å². The molecule has 1 aromatic carbocycles. The Labute approximate surface area is 95.2 Å². The summed E-state index contributed by atoms with van der Waals surface area (Å²) < 4.78 is 21.9. The number of carboxylic acids is 1. The number of carbonyl (C=O) groups is 1. The average Bonchev–Trinajstić information content (AvgIpc) is 2.27. The van der Waals surface area contributed by atoms with E-state index >= 15 is 0 Å². The molecule has 0 aliphatic rings. The molecule has 1 rings (SSSR count). The van der Waals surface area contributed by atoms with E-state index in [4.69, 9.17) is 9.22 Å². The third-order valence-corrected chi connectivity index (χ3v) is 2.39. The van der Waals surface area contributed by atoms with Gasteiger partial charge in [0.1, 0.15) is 0 Å². The molecule has 0 saturated carbocycles. The smallest absolute Gasteiger partial charge is 0.310 e. The zero-order valence-corrected chi connectivity index (χ0v) is 9.03. The molecule has 2 atom stereocenters. The molecule has 2 nitrogen and oxygen atoms in total. The fourth-order valence-corrected chi connectivity index (χ4v) is 1.44. The first-order chi connectivity index (χ1) is 8.21. The zero-order chi connectivity index (χ0) is 13.9. The van der Waals surface area contributed by atoms with Gasteiger partial charge in [-0.05, 0) is 30.4 Å². The lowest BCUT2D eigenvalue weighted by Crippen LogP contribution is -2.07. The Morgan fingerprint density at radius 2 is 2.00 bits per heavy atom. The monoisotopic (exact) mass is 209 g/mol. The summed E-state index contributed by atoms with van der Waals surface area (Å²) in [6.07, 6.45) is 0.470. The van der Waals surface area contributed by atoms with E-state index in [2.05, 4.69) is 0 Å². The van der Waals surface area contributed by atoms with E-state index in [1.807, 2.05) is 0 Å². The maximum Gasteiger partial charge on any atom is 0.310 e. The summed E-state index contributed by atoms with van der Waals surface area (Å²) in [5.74, 6) is -1.81.